The number of rotatable bonds is 5. The molecule has 1 aromatic heterocycles. The quantitative estimate of drug-likeness (QED) is 0.290. The first-order valence-corrected chi connectivity index (χ1v) is 8.36. The number of anilines is 1. The zero-order valence-electron chi connectivity index (χ0n) is 15.2. The molecule has 0 aliphatic heterocycles. The van der Waals surface area contributed by atoms with Gasteiger partial charge in [0.05, 0.1) is 11.8 Å². The lowest BCUT2D eigenvalue weighted by atomic mass is 10.0. The molecule has 152 valence electrons. The van der Waals surface area contributed by atoms with Crippen molar-refractivity contribution in [2.75, 3.05) is 5.73 Å². The molecule has 1 amide bonds. The van der Waals surface area contributed by atoms with Gasteiger partial charge in [0.15, 0.2) is 0 Å². The van der Waals surface area contributed by atoms with Gasteiger partial charge in [0.2, 0.25) is 5.89 Å². The highest BCUT2D eigenvalue weighted by molar-refractivity contribution is 6.00. The average Bonchev–Trinajstić information content (AvgIpc) is 3.05. The van der Waals surface area contributed by atoms with E-state index >= 15 is 0 Å². The summed E-state index contributed by atoms with van der Waals surface area (Å²) in [6, 6.07) is 9.92. The Balaban J connectivity index is 1.81. The largest absolute Gasteiger partial charge is 0.573 e. The van der Waals surface area contributed by atoms with Crippen LogP contribution in [-0.4, -0.2) is 22.3 Å². The number of amides is 1. The summed E-state index contributed by atoms with van der Waals surface area (Å²) >= 11 is 0. The fraction of sp³-hybridized carbons (Fsp3) is 0.158. The second-order valence-corrected chi connectivity index (χ2v) is 6.17. The van der Waals surface area contributed by atoms with Crippen LogP contribution in [0.3, 0.4) is 0 Å². The second kappa shape index (κ2) is 7.84. The number of nitrogen functional groups attached to an aromatic ring is 1. The van der Waals surface area contributed by atoms with Crippen LogP contribution in [0.15, 0.2) is 53.1 Å². The molecule has 0 aliphatic carbocycles. The van der Waals surface area contributed by atoms with Crippen LogP contribution in [0.5, 0.6) is 5.75 Å². The number of ether oxygens (including phenoxy) is 1. The maximum absolute atomic E-state index is 12.7. The van der Waals surface area contributed by atoms with Crippen molar-refractivity contribution >= 4 is 11.6 Å². The van der Waals surface area contributed by atoms with E-state index in [0.29, 0.717) is 16.9 Å². The molecule has 4 N–H and O–H groups in total. The van der Waals surface area contributed by atoms with Crippen LogP contribution in [0.25, 0.3) is 11.1 Å². The molecule has 0 unspecified atom stereocenters. The van der Waals surface area contributed by atoms with Gasteiger partial charge >= 0.3 is 6.36 Å². The first kappa shape index (κ1) is 20.2. The number of carbonyl (C=O) groups is 1. The molecule has 0 saturated carbocycles. The van der Waals surface area contributed by atoms with Crippen LogP contribution in [0, 0.1) is 6.92 Å². The van der Waals surface area contributed by atoms with Crippen LogP contribution in [-0.2, 0) is 6.54 Å². The first-order chi connectivity index (χ1) is 13.6. The SMILES string of the molecule is Cc1cnc(CN(N)C(=O)c2cc(-c3ccc(OC(F)(F)F)cc3)ccc2N)o1. The van der Waals surface area contributed by atoms with Gasteiger partial charge in [-0.15, -0.1) is 13.2 Å². The van der Waals surface area contributed by atoms with Gasteiger partial charge in [-0.05, 0) is 42.3 Å². The smallest absolute Gasteiger partial charge is 0.444 e. The van der Waals surface area contributed by atoms with E-state index in [1.54, 1.807) is 13.0 Å². The number of halogens is 3. The van der Waals surface area contributed by atoms with Gasteiger partial charge in [-0.1, -0.05) is 18.2 Å². The second-order valence-electron chi connectivity index (χ2n) is 6.17. The molecule has 1 heterocycles. The predicted octanol–water partition coefficient (Wildman–Crippen LogP) is 3.65. The zero-order chi connectivity index (χ0) is 21.2. The van der Waals surface area contributed by atoms with Gasteiger partial charge in [-0.3, -0.25) is 9.80 Å². The van der Waals surface area contributed by atoms with E-state index in [1.807, 2.05) is 0 Å². The van der Waals surface area contributed by atoms with E-state index in [9.17, 15) is 18.0 Å². The Morgan fingerprint density at radius 1 is 1.17 bits per heavy atom. The maximum atomic E-state index is 12.7. The van der Waals surface area contributed by atoms with Gasteiger partial charge < -0.3 is 14.9 Å². The van der Waals surface area contributed by atoms with Crippen molar-refractivity contribution in [3.05, 3.63) is 65.9 Å². The third-order valence-electron chi connectivity index (χ3n) is 3.94. The van der Waals surface area contributed by atoms with Gasteiger partial charge in [0.1, 0.15) is 18.1 Å². The first-order valence-electron chi connectivity index (χ1n) is 8.36. The van der Waals surface area contributed by atoms with Crippen molar-refractivity contribution in [2.24, 2.45) is 5.84 Å². The number of aromatic nitrogens is 1. The molecule has 7 nitrogen and oxygen atoms in total. The molecule has 10 heteroatoms. The Kier molecular flexibility index (Phi) is 5.46. The summed E-state index contributed by atoms with van der Waals surface area (Å²) in [7, 11) is 0. The van der Waals surface area contributed by atoms with Crippen molar-refractivity contribution in [1.29, 1.82) is 0 Å². The van der Waals surface area contributed by atoms with Gasteiger partial charge in [0.25, 0.3) is 5.91 Å². The zero-order valence-corrected chi connectivity index (χ0v) is 15.2. The monoisotopic (exact) mass is 406 g/mol. The number of hydrogen-bond acceptors (Lipinski definition) is 6. The van der Waals surface area contributed by atoms with Crippen molar-refractivity contribution < 1.29 is 27.1 Å². The number of nitrogens with two attached hydrogens (primary N) is 2. The fourth-order valence-electron chi connectivity index (χ4n) is 2.62. The van der Waals surface area contributed by atoms with Gasteiger partial charge in [-0.2, -0.15) is 0 Å². The third kappa shape index (κ3) is 5.05. The summed E-state index contributed by atoms with van der Waals surface area (Å²) in [5.41, 5.74) is 7.40. The third-order valence-corrected chi connectivity index (χ3v) is 3.94. The minimum absolute atomic E-state index is 0.0557. The number of benzene rings is 2. The highest BCUT2D eigenvalue weighted by Crippen LogP contribution is 2.28. The summed E-state index contributed by atoms with van der Waals surface area (Å²) in [5.74, 6) is 5.78. The molecule has 0 fully saturated rings. The number of hydrogen-bond donors (Lipinski definition) is 2. The van der Waals surface area contributed by atoms with Crippen LogP contribution in [0.4, 0.5) is 18.9 Å². The molecule has 0 spiro atoms. The standard InChI is InChI=1S/C19H17F3N4O3/c1-11-9-25-17(28-11)10-26(24)18(27)15-8-13(4-7-16(15)23)12-2-5-14(6-3-12)29-19(20,21)22/h2-9H,10,23-24H2,1H3. The van der Waals surface area contributed by atoms with E-state index in [1.165, 1.54) is 42.6 Å². The molecule has 0 atom stereocenters. The molecule has 2 aromatic carbocycles. The molecule has 0 aliphatic rings. The maximum Gasteiger partial charge on any atom is 0.573 e. The Morgan fingerprint density at radius 2 is 1.83 bits per heavy atom. The van der Waals surface area contributed by atoms with Gasteiger partial charge in [-0.25, -0.2) is 10.8 Å². The minimum atomic E-state index is -4.77. The molecule has 3 aromatic rings. The summed E-state index contributed by atoms with van der Waals surface area (Å²) < 4.78 is 46.0. The molecule has 0 saturated heterocycles. The topological polar surface area (TPSA) is 108 Å². The Hall–Kier alpha value is -3.53. The molecule has 3 rings (SSSR count). The summed E-state index contributed by atoms with van der Waals surface area (Å²) in [4.78, 5) is 16.7. The number of carbonyl (C=O) groups excluding carboxylic acids is 1. The van der Waals surface area contributed by atoms with Crippen LogP contribution < -0.4 is 16.3 Å². The van der Waals surface area contributed by atoms with E-state index in [2.05, 4.69) is 9.72 Å². The molecule has 29 heavy (non-hydrogen) atoms. The van der Waals surface area contributed by atoms with E-state index in [-0.39, 0.29) is 29.4 Å². The minimum Gasteiger partial charge on any atom is -0.444 e. The predicted molar refractivity (Wildman–Crippen MR) is 98.3 cm³/mol. The van der Waals surface area contributed by atoms with E-state index in [4.69, 9.17) is 16.0 Å². The molecule has 0 bridgehead atoms. The van der Waals surface area contributed by atoms with Crippen LogP contribution in [0.1, 0.15) is 22.0 Å². The van der Waals surface area contributed by atoms with E-state index < -0.39 is 12.3 Å². The number of nitrogens with zero attached hydrogens (tertiary/aromatic N) is 2. The van der Waals surface area contributed by atoms with Crippen LogP contribution >= 0.6 is 0 Å². The lowest BCUT2D eigenvalue weighted by molar-refractivity contribution is -0.274. The van der Waals surface area contributed by atoms with Crippen molar-refractivity contribution in [3.8, 4) is 16.9 Å². The Labute approximate surface area is 163 Å². The number of aryl methyl sites for hydroxylation is 1. The molecule has 0 radical (unpaired) electrons. The number of alkyl halides is 3. The lowest BCUT2D eigenvalue weighted by Crippen LogP contribution is -2.37. The number of hydrazine groups is 1. The van der Waals surface area contributed by atoms with Crippen LogP contribution in [0.2, 0.25) is 0 Å². The Bertz CT molecular complexity index is 1020. The molecular formula is C19H17F3N4O3. The summed E-state index contributed by atoms with van der Waals surface area (Å²) in [5, 5.41) is 0.918. The molecular weight excluding hydrogens is 389 g/mol. The average molecular weight is 406 g/mol. The summed E-state index contributed by atoms with van der Waals surface area (Å²) in [6.07, 6.45) is -3.26. The number of oxazole rings is 1. The normalized spacial score (nSPS) is 11.3. The highest BCUT2D eigenvalue weighted by Gasteiger charge is 2.31. The van der Waals surface area contributed by atoms with Crippen molar-refractivity contribution in [1.82, 2.24) is 9.99 Å². The van der Waals surface area contributed by atoms with Crippen molar-refractivity contribution in [3.63, 3.8) is 0 Å². The Morgan fingerprint density at radius 3 is 2.41 bits per heavy atom. The van der Waals surface area contributed by atoms with E-state index in [0.717, 1.165) is 5.01 Å². The lowest BCUT2D eigenvalue weighted by Gasteiger charge is -2.17. The van der Waals surface area contributed by atoms with Crippen molar-refractivity contribution in [2.45, 2.75) is 19.8 Å². The fourth-order valence-corrected chi connectivity index (χ4v) is 2.62. The summed E-state index contributed by atoms with van der Waals surface area (Å²) in [6.45, 7) is 1.66. The highest BCUT2D eigenvalue weighted by atomic mass is 19.4. The van der Waals surface area contributed by atoms with Gasteiger partial charge in [0, 0.05) is 5.69 Å².